The third-order valence-corrected chi connectivity index (χ3v) is 6.65. The zero-order valence-electron chi connectivity index (χ0n) is 20.1. The number of ether oxygens (including phenoxy) is 1. The Hall–Kier alpha value is -4.36. The molecule has 7 heteroatoms. The summed E-state index contributed by atoms with van der Waals surface area (Å²) in [7, 11) is 0. The Morgan fingerprint density at radius 2 is 1.78 bits per heavy atom. The third kappa shape index (κ3) is 4.36. The van der Waals surface area contributed by atoms with Crippen LogP contribution in [-0.4, -0.2) is 17.4 Å². The van der Waals surface area contributed by atoms with E-state index in [0.717, 1.165) is 58.2 Å². The van der Waals surface area contributed by atoms with Crippen LogP contribution in [0.3, 0.4) is 0 Å². The predicted octanol–water partition coefficient (Wildman–Crippen LogP) is 5.38. The van der Waals surface area contributed by atoms with Crippen LogP contribution in [0.25, 0.3) is 11.1 Å². The van der Waals surface area contributed by atoms with Crippen molar-refractivity contribution in [3.63, 3.8) is 0 Å². The Bertz CT molecular complexity index is 1400. The number of anilines is 2. The Balaban J connectivity index is 1.54. The highest BCUT2D eigenvalue weighted by Gasteiger charge is 2.26. The van der Waals surface area contributed by atoms with Crippen LogP contribution >= 0.6 is 0 Å². The van der Waals surface area contributed by atoms with Gasteiger partial charge >= 0.3 is 0 Å². The van der Waals surface area contributed by atoms with Crippen molar-refractivity contribution in [1.29, 1.82) is 0 Å². The minimum Gasteiger partial charge on any atom is -0.491 e. The number of hydrogen-bond donors (Lipinski definition) is 4. The molecule has 4 N–H and O–H groups in total. The van der Waals surface area contributed by atoms with E-state index >= 15 is 0 Å². The minimum atomic E-state index is 0.229. The van der Waals surface area contributed by atoms with Crippen molar-refractivity contribution in [1.82, 2.24) is 21.5 Å². The summed E-state index contributed by atoms with van der Waals surface area (Å²) in [5.74, 6) is 2.65. The summed E-state index contributed by atoms with van der Waals surface area (Å²) in [6.45, 7) is 2.72. The van der Waals surface area contributed by atoms with Gasteiger partial charge in [-0.25, -0.2) is 10.5 Å². The monoisotopic (exact) mass is 476 g/mol. The van der Waals surface area contributed by atoms with Gasteiger partial charge in [-0.1, -0.05) is 60.7 Å². The van der Waals surface area contributed by atoms with Gasteiger partial charge in [-0.05, 0) is 60.2 Å². The van der Waals surface area contributed by atoms with E-state index in [1.807, 2.05) is 25.3 Å². The first-order valence-corrected chi connectivity index (χ1v) is 12.2. The molecule has 0 spiro atoms. The molecule has 3 heterocycles. The largest absolute Gasteiger partial charge is 0.491 e. The molecule has 180 valence electrons. The molecule has 3 aromatic carbocycles. The lowest BCUT2D eigenvalue weighted by atomic mass is 9.85. The summed E-state index contributed by atoms with van der Waals surface area (Å²) in [5, 5.41) is 7.90. The summed E-state index contributed by atoms with van der Waals surface area (Å²) in [6.07, 6.45) is 3.88. The standard InChI is InChI=1S/C29H28N6O/c1-19-13-14-27(30-18-19)31-26-17-21(23-10-5-6-11-24(23)29-32-34-35-33-29)16-25-22(12-7-15-36-28(25)26)20-8-3-2-4-9-20/h2-6,8-11,13-14,16-18,22,34-35H,7,12,15H2,1H3,(H,30,31)(H,32,33). The number of aromatic nitrogens is 1. The number of nitrogens with zero attached hydrogens (tertiary/aromatic N) is 2. The summed E-state index contributed by atoms with van der Waals surface area (Å²) < 4.78 is 6.40. The number of nitrogens with one attached hydrogen (secondary N) is 4. The molecule has 2 aliphatic rings. The average Bonchev–Trinajstić information content (AvgIpc) is 3.37. The smallest absolute Gasteiger partial charge is 0.171 e. The van der Waals surface area contributed by atoms with Crippen molar-refractivity contribution in [2.24, 2.45) is 5.10 Å². The molecule has 1 atom stereocenters. The van der Waals surface area contributed by atoms with Crippen molar-refractivity contribution in [2.75, 3.05) is 11.9 Å². The van der Waals surface area contributed by atoms with Crippen LogP contribution in [0.15, 0.2) is 90.2 Å². The molecular weight excluding hydrogens is 448 g/mol. The van der Waals surface area contributed by atoms with Crippen LogP contribution in [0.5, 0.6) is 5.75 Å². The number of aryl methyl sites for hydroxylation is 1. The van der Waals surface area contributed by atoms with E-state index in [4.69, 9.17) is 4.74 Å². The van der Waals surface area contributed by atoms with Crippen molar-refractivity contribution in [3.05, 3.63) is 107 Å². The molecular formula is C29H28N6O. The molecule has 0 saturated heterocycles. The maximum Gasteiger partial charge on any atom is 0.171 e. The molecule has 0 aliphatic carbocycles. The summed E-state index contributed by atoms with van der Waals surface area (Å²) >= 11 is 0. The second kappa shape index (κ2) is 9.71. The lowest BCUT2D eigenvalue weighted by Crippen LogP contribution is -2.35. The highest BCUT2D eigenvalue weighted by Crippen LogP contribution is 2.45. The summed E-state index contributed by atoms with van der Waals surface area (Å²) in [5.41, 5.74) is 16.4. The fourth-order valence-corrected chi connectivity index (χ4v) is 4.92. The van der Waals surface area contributed by atoms with E-state index in [9.17, 15) is 0 Å². The van der Waals surface area contributed by atoms with Crippen LogP contribution in [0.1, 0.15) is 41.0 Å². The van der Waals surface area contributed by atoms with Crippen molar-refractivity contribution >= 4 is 17.3 Å². The highest BCUT2D eigenvalue weighted by atomic mass is 16.5. The fraction of sp³-hybridized carbons (Fsp3) is 0.172. The van der Waals surface area contributed by atoms with Gasteiger partial charge in [0.25, 0.3) is 0 Å². The quantitative estimate of drug-likeness (QED) is 0.310. The Kier molecular flexibility index (Phi) is 5.97. The van der Waals surface area contributed by atoms with E-state index < -0.39 is 0 Å². The molecule has 0 fully saturated rings. The maximum atomic E-state index is 6.40. The first-order chi connectivity index (χ1) is 17.8. The van der Waals surface area contributed by atoms with Gasteiger partial charge in [0, 0.05) is 23.2 Å². The van der Waals surface area contributed by atoms with Crippen LogP contribution in [0.2, 0.25) is 0 Å². The Morgan fingerprint density at radius 3 is 2.56 bits per heavy atom. The molecule has 1 aromatic heterocycles. The molecule has 36 heavy (non-hydrogen) atoms. The van der Waals surface area contributed by atoms with Gasteiger partial charge in [0.1, 0.15) is 11.6 Å². The molecule has 0 amide bonds. The topological polar surface area (TPSA) is 82.6 Å². The number of hydrazine groups is 2. The van der Waals surface area contributed by atoms with Gasteiger partial charge in [0.05, 0.1) is 12.3 Å². The molecule has 2 aliphatic heterocycles. The molecule has 0 bridgehead atoms. The molecule has 4 aromatic rings. The Labute approximate surface area is 210 Å². The van der Waals surface area contributed by atoms with E-state index in [2.05, 4.69) is 98.6 Å². The first kappa shape index (κ1) is 22.1. The minimum absolute atomic E-state index is 0.229. The van der Waals surface area contributed by atoms with Crippen LogP contribution in [0.4, 0.5) is 11.5 Å². The number of rotatable bonds is 5. The van der Waals surface area contributed by atoms with Gasteiger partial charge in [-0.2, -0.15) is 0 Å². The van der Waals surface area contributed by atoms with Gasteiger partial charge in [-0.3, -0.25) is 5.43 Å². The molecule has 0 saturated carbocycles. The van der Waals surface area contributed by atoms with Gasteiger partial charge in [0.15, 0.2) is 5.84 Å². The second-order valence-electron chi connectivity index (χ2n) is 9.11. The highest BCUT2D eigenvalue weighted by molar-refractivity contribution is 6.05. The van der Waals surface area contributed by atoms with E-state index in [-0.39, 0.29) is 5.92 Å². The molecule has 7 nitrogen and oxygen atoms in total. The van der Waals surface area contributed by atoms with Crippen molar-refractivity contribution in [3.8, 4) is 16.9 Å². The lowest BCUT2D eigenvalue weighted by Gasteiger charge is -2.22. The normalized spacial score (nSPS) is 16.6. The fourth-order valence-electron chi connectivity index (χ4n) is 4.92. The lowest BCUT2D eigenvalue weighted by molar-refractivity contribution is 0.318. The van der Waals surface area contributed by atoms with Crippen molar-refractivity contribution < 1.29 is 4.74 Å². The summed E-state index contributed by atoms with van der Waals surface area (Å²) in [4.78, 5) is 4.59. The second-order valence-corrected chi connectivity index (χ2v) is 9.11. The predicted molar refractivity (Wildman–Crippen MR) is 143 cm³/mol. The zero-order valence-corrected chi connectivity index (χ0v) is 20.1. The zero-order chi connectivity index (χ0) is 24.3. The van der Waals surface area contributed by atoms with E-state index in [1.54, 1.807) is 0 Å². The van der Waals surface area contributed by atoms with Crippen LogP contribution < -0.4 is 26.5 Å². The number of pyridine rings is 1. The van der Waals surface area contributed by atoms with Crippen LogP contribution in [0, 0.1) is 6.92 Å². The van der Waals surface area contributed by atoms with Gasteiger partial charge in [0.2, 0.25) is 0 Å². The first-order valence-electron chi connectivity index (χ1n) is 12.2. The molecule has 6 rings (SSSR count). The number of benzene rings is 3. The van der Waals surface area contributed by atoms with E-state index in [1.165, 1.54) is 11.1 Å². The molecule has 0 radical (unpaired) electrons. The third-order valence-electron chi connectivity index (χ3n) is 6.65. The molecule has 1 unspecified atom stereocenters. The SMILES string of the molecule is Cc1ccc(Nc2cc(-c3ccccc3C3=NNNN3)cc3c2OCCCC3c2ccccc2)nc1. The maximum absolute atomic E-state index is 6.40. The number of fused-ring (bicyclic) bond motifs is 1. The van der Waals surface area contributed by atoms with Crippen molar-refractivity contribution in [2.45, 2.75) is 25.7 Å². The number of hydrazone groups is 1. The number of hydrogen-bond acceptors (Lipinski definition) is 7. The van der Waals surface area contributed by atoms with Crippen LogP contribution in [-0.2, 0) is 0 Å². The van der Waals surface area contributed by atoms with Gasteiger partial charge in [-0.15, -0.1) is 10.6 Å². The van der Waals surface area contributed by atoms with Gasteiger partial charge < -0.3 is 10.1 Å². The summed E-state index contributed by atoms with van der Waals surface area (Å²) in [6, 6.07) is 27.5. The Morgan fingerprint density at radius 1 is 0.944 bits per heavy atom. The van der Waals surface area contributed by atoms with E-state index in [0.29, 0.717) is 6.61 Å². The average molecular weight is 477 g/mol. The number of amidine groups is 1.